The molecule has 5 rings (SSSR count). The van der Waals surface area contributed by atoms with Crippen molar-refractivity contribution in [2.45, 2.75) is 10.1 Å². The summed E-state index contributed by atoms with van der Waals surface area (Å²) in [6.07, 6.45) is 3.35. The summed E-state index contributed by atoms with van der Waals surface area (Å²) in [4.78, 5) is 17.4. The number of carbonyl (C=O) groups excluding carboxylic acids is 1. The van der Waals surface area contributed by atoms with Crippen LogP contribution >= 0.6 is 34.7 Å². The zero-order valence-corrected chi connectivity index (χ0v) is 19.6. The smallest absolute Gasteiger partial charge is 0.258 e. The Kier molecular flexibility index (Phi) is 6.35. The van der Waals surface area contributed by atoms with E-state index in [1.807, 2.05) is 54.6 Å². The van der Waals surface area contributed by atoms with Crippen molar-refractivity contribution in [3.63, 3.8) is 0 Å². The molecule has 0 aliphatic heterocycles. The standard InChI is InChI=1S/C25H17ClN4OS2/c26-18-10-8-16(9-11-18)15-32-25-30-29-24(33-25)28-23(31)21-12-13-27-14-22(21)20-7-3-5-17-4-1-2-6-19(17)20/h1-14H,15H2,(H,28,29,31). The highest BCUT2D eigenvalue weighted by molar-refractivity contribution is 8.00. The number of rotatable bonds is 6. The molecule has 0 aliphatic rings. The van der Waals surface area contributed by atoms with Gasteiger partial charge in [-0.3, -0.25) is 15.1 Å². The summed E-state index contributed by atoms with van der Waals surface area (Å²) in [5.41, 5.74) is 3.41. The second-order valence-electron chi connectivity index (χ2n) is 7.19. The minimum absolute atomic E-state index is 0.245. The number of nitrogens with one attached hydrogen (secondary N) is 1. The first-order valence-corrected chi connectivity index (χ1v) is 12.3. The predicted octanol–water partition coefficient (Wildman–Crippen LogP) is 6.95. The van der Waals surface area contributed by atoms with Gasteiger partial charge in [-0.05, 0) is 40.1 Å². The van der Waals surface area contributed by atoms with Gasteiger partial charge >= 0.3 is 0 Å². The van der Waals surface area contributed by atoms with E-state index < -0.39 is 0 Å². The summed E-state index contributed by atoms with van der Waals surface area (Å²) in [6, 6.07) is 23.6. The molecule has 0 aliphatic carbocycles. The van der Waals surface area contributed by atoms with E-state index in [0.717, 1.165) is 37.6 Å². The number of hydrogen-bond donors (Lipinski definition) is 1. The van der Waals surface area contributed by atoms with Crippen molar-refractivity contribution in [1.29, 1.82) is 0 Å². The Bertz CT molecular complexity index is 1430. The second-order valence-corrected chi connectivity index (χ2v) is 9.83. The van der Waals surface area contributed by atoms with Gasteiger partial charge in [0.15, 0.2) is 4.34 Å². The number of aromatic nitrogens is 3. The lowest BCUT2D eigenvalue weighted by Gasteiger charge is -2.11. The van der Waals surface area contributed by atoms with Crippen molar-refractivity contribution in [3.05, 3.63) is 101 Å². The zero-order valence-electron chi connectivity index (χ0n) is 17.2. The number of anilines is 1. The first kappa shape index (κ1) is 21.6. The van der Waals surface area contributed by atoms with Crippen LogP contribution in [0, 0.1) is 0 Å². The van der Waals surface area contributed by atoms with E-state index in [0.29, 0.717) is 15.7 Å². The Hall–Kier alpha value is -3.26. The number of hydrogen-bond acceptors (Lipinski definition) is 6. The van der Waals surface area contributed by atoms with Gasteiger partial charge in [-0.25, -0.2) is 0 Å². The summed E-state index contributed by atoms with van der Waals surface area (Å²) in [7, 11) is 0. The molecule has 0 radical (unpaired) electrons. The van der Waals surface area contributed by atoms with E-state index in [1.54, 1.807) is 30.2 Å². The van der Waals surface area contributed by atoms with Crippen molar-refractivity contribution >= 4 is 56.5 Å². The molecule has 3 aromatic carbocycles. The number of pyridine rings is 1. The Labute approximate surface area is 203 Å². The minimum atomic E-state index is -0.245. The number of benzene rings is 3. The summed E-state index contributed by atoms with van der Waals surface area (Å²) >= 11 is 8.85. The number of amides is 1. The molecule has 1 N–H and O–H groups in total. The molecule has 0 bridgehead atoms. The quantitative estimate of drug-likeness (QED) is 0.207. The normalized spacial score (nSPS) is 10.9. The molecule has 0 saturated carbocycles. The highest BCUT2D eigenvalue weighted by atomic mass is 35.5. The molecule has 5 nitrogen and oxygen atoms in total. The Morgan fingerprint density at radius 3 is 2.64 bits per heavy atom. The maximum Gasteiger partial charge on any atom is 0.258 e. The minimum Gasteiger partial charge on any atom is -0.296 e. The van der Waals surface area contributed by atoms with Gasteiger partial charge < -0.3 is 0 Å². The van der Waals surface area contributed by atoms with Crippen molar-refractivity contribution in [2.24, 2.45) is 0 Å². The zero-order chi connectivity index (χ0) is 22.6. The Balaban J connectivity index is 1.35. The third kappa shape index (κ3) is 4.90. The SMILES string of the molecule is O=C(Nc1nnc(SCc2ccc(Cl)cc2)s1)c1ccncc1-c1cccc2ccccc12. The van der Waals surface area contributed by atoms with Crippen LogP contribution < -0.4 is 5.32 Å². The van der Waals surface area contributed by atoms with Crippen LogP contribution in [-0.2, 0) is 5.75 Å². The van der Waals surface area contributed by atoms with Crippen molar-refractivity contribution in [3.8, 4) is 11.1 Å². The fourth-order valence-corrected chi connectivity index (χ4v) is 5.30. The summed E-state index contributed by atoms with van der Waals surface area (Å²) < 4.78 is 0.782. The number of nitrogens with zero attached hydrogens (tertiary/aromatic N) is 3. The van der Waals surface area contributed by atoms with E-state index in [1.165, 1.54) is 11.3 Å². The number of thioether (sulfide) groups is 1. The van der Waals surface area contributed by atoms with Crippen molar-refractivity contribution in [1.82, 2.24) is 15.2 Å². The second kappa shape index (κ2) is 9.70. The molecular weight excluding hydrogens is 472 g/mol. The molecule has 0 fully saturated rings. The highest BCUT2D eigenvalue weighted by Crippen LogP contribution is 2.32. The molecule has 0 unspecified atom stereocenters. The van der Waals surface area contributed by atoms with Crippen LogP contribution in [0.2, 0.25) is 5.02 Å². The molecule has 2 heterocycles. The van der Waals surface area contributed by atoms with Gasteiger partial charge in [0.05, 0.1) is 5.56 Å². The van der Waals surface area contributed by atoms with Crippen LogP contribution in [0.15, 0.2) is 89.5 Å². The highest BCUT2D eigenvalue weighted by Gasteiger charge is 2.17. The third-order valence-corrected chi connectivity index (χ3v) is 7.34. The average Bonchev–Trinajstić information content (AvgIpc) is 3.30. The van der Waals surface area contributed by atoms with E-state index >= 15 is 0 Å². The molecule has 162 valence electrons. The molecule has 8 heteroatoms. The largest absolute Gasteiger partial charge is 0.296 e. The van der Waals surface area contributed by atoms with Crippen LogP contribution in [0.25, 0.3) is 21.9 Å². The van der Waals surface area contributed by atoms with Crippen LogP contribution in [-0.4, -0.2) is 21.1 Å². The molecule has 33 heavy (non-hydrogen) atoms. The summed E-state index contributed by atoms with van der Waals surface area (Å²) in [5, 5.41) is 14.6. The van der Waals surface area contributed by atoms with Crippen LogP contribution in [0.3, 0.4) is 0 Å². The molecule has 5 aromatic rings. The van der Waals surface area contributed by atoms with Gasteiger partial charge in [-0.15, -0.1) is 10.2 Å². The lowest BCUT2D eigenvalue weighted by atomic mass is 9.96. The Morgan fingerprint density at radius 1 is 0.939 bits per heavy atom. The van der Waals surface area contributed by atoms with E-state index in [4.69, 9.17) is 11.6 Å². The molecular formula is C25H17ClN4OS2. The van der Waals surface area contributed by atoms with E-state index in [2.05, 4.69) is 32.6 Å². The fraction of sp³-hybridized carbons (Fsp3) is 0.0400. The topological polar surface area (TPSA) is 67.8 Å². The van der Waals surface area contributed by atoms with Gasteiger partial charge in [0.1, 0.15) is 0 Å². The van der Waals surface area contributed by atoms with Gasteiger partial charge in [-0.2, -0.15) is 0 Å². The van der Waals surface area contributed by atoms with Crippen molar-refractivity contribution < 1.29 is 4.79 Å². The maximum absolute atomic E-state index is 13.1. The molecule has 0 spiro atoms. The lowest BCUT2D eigenvalue weighted by molar-refractivity contribution is 0.102. The van der Waals surface area contributed by atoms with Crippen LogP contribution in [0.5, 0.6) is 0 Å². The molecule has 0 atom stereocenters. The van der Waals surface area contributed by atoms with Crippen molar-refractivity contribution in [2.75, 3.05) is 5.32 Å². The third-order valence-electron chi connectivity index (χ3n) is 5.05. The molecule has 1 amide bonds. The van der Waals surface area contributed by atoms with Gasteiger partial charge in [0, 0.05) is 28.7 Å². The van der Waals surface area contributed by atoms with Gasteiger partial charge in [-0.1, -0.05) is 89.3 Å². The average molecular weight is 489 g/mol. The van der Waals surface area contributed by atoms with E-state index in [-0.39, 0.29) is 5.91 Å². The first-order chi connectivity index (χ1) is 16.2. The first-order valence-electron chi connectivity index (χ1n) is 10.1. The number of carbonyl (C=O) groups is 1. The monoisotopic (exact) mass is 488 g/mol. The fourth-order valence-electron chi connectivity index (χ4n) is 3.48. The summed E-state index contributed by atoms with van der Waals surface area (Å²) in [6.45, 7) is 0. The van der Waals surface area contributed by atoms with Gasteiger partial charge in [0.25, 0.3) is 5.91 Å². The van der Waals surface area contributed by atoms with E-state index in [9.17, 15) is 4.79 Å². The molecule has 2 aromatic heterocycles. The van der Waals surface area contributed by atoms with Crippen LogP contribution in [0.1, 0.15) is 15.9 Å². The number of fused-ring (bicyclic) bond motifs is 1. The number of halogens is 1. The predicted molar refractivity (Wildman–Crippen MR) is 136 cm³/mol. The maximum atomic E-state index is 13.1. The van der Waals surface area contributed by atoms with Crippen LogP contribution in [0.4, 0.5) is 5.13 Å². The summed E-state index contributed by atoms with van der Waals surface area (Å²) in [5.74, 6) is 0.501. The van der Waals surface area contributed by atoms with Gasteiger partial charge in [0.2, 0.25) is 5.13 Å². The lowest BCUT2D eigenvalue weighted by Crippen LogP contribution is -2.13. The molecule has 0 saturated heterocycles. The Morgan fingerprint density at radius 2 is 1.76 bits per heavy atom.